The molecule has 0 spiro atoms. The zero-order valence-corrected chi connectivity index (χ0v) is 32.1. The average Bonchev–Trinajstić information content (AvgIpc) is 3.61. The minimum atomic E-state index is -0.619. The van der Waals surface area contributed by atoms with Crippen molar-refractivity contribution in [3.05, 3.63) is 95.1 Å². The lowest BCUT2D eigenvalue weighted by Crippen LogP contribution is -2.61. The normalized spacial score (nSPS) is 30.6. The summed E-state index contributed by atoms with van der Waals surface area (Å²) in [4.78, 5) is 28.6. The van der Waals surface area contributed by atoms with Crippen molar-refractivity contribution in [3.63, 3.8) is 0 Å². The van der Waals surface area contributed by atoms with E-state index in [9.17, 15) is 14.7 Å². The van der Waals surface area contributed by atoms with Gasteiger partial charge in [-0.3, -0.25) is 9.69 Å². The fourth-order valence-corrected chi connectivity index (χ4v) is 10.4. The van der Waals surface area contributed by atoms with Crippen molar-refractivity contribution in [2.24, 2.45) is 17.8 Å². The molecule has 9 heteroatoms. The first kappa shape index (κ1) is 37.2. The molecule has 9 rings (SSSR count). The second-order valence-electron chi connectivity index (χ2n) is 17.9. The maximum absolute atomic E-state index is 13.2. The van der Waals surface area contributed by atoms with Crippen LogP contribution in [0.4, 0.5) is 4.79 Å². The zero-order chi connectivity index (χ0) is 37.5. The summed E-state index contributed by atoms with van der Waals surface area (Å²) >= 11 is 0. The van der Waals surface area contributed by atoms with Crippen LogP contribution in [0.3, 0.4) is 0 Å². The second-order valence-corrected chi connectivity index (χ2v) is 17.9. The molecule has 4 saturated carbocycles. The van der Waals surface area contributed by atoms with E-state index in [1.54, 1.807) is 0 Å². The number of likely N-dealkylation sites (tertiary alicyclic amines) is 1. The van der Waals surface area contributed by atoms with Crippen LogP contribution >= 0.6 is 0 Å². The van der Waals surface area contributed by atoms with Crippen LogP contribution in [0, 0.1) is 17.8 Å². The number of nitrogens with one attached hydrogen (secondary N) is 2. The van der Waals surface area contributed by atoms with E-state index < -0.39 is 11.9 Å². The molecule has 4 atom stereocenters. The van der Waals surface area contributed by atoms with Crippen LogP contribution in [0.15, 0.2) is 72.8 Å². The first-order chi connectivity index (χ1) is 26.0. The summed E-state index contributed by atoms with van der Waals surface area (Å²) in [6.07, 6.45) is 8.77. The molecule has 0 radical (unpaired) electrons. The molecule has 0 unspecified atom stereocenters. The van der Waals surface area contributed by atoms with Crippen molar-refractivity contribution in [2.45, 2.75) is 127 Å². The van der Waals surface area contributed by atoms with E-state index in [-0.39, 0.29) is 42.4 Å². The molecule has 0 aromatic heterocycles. The Morgan fingerprint density at radius 3 is 2.22 bits per heavy atom. The van der Waals surface area contributed by atoms with Gasteiger partial charge in [-0.2, -0.15) is 0 Å². The topological polar surface area (TPSA) is 109 Å². The Labute approximate surface area is 320 Å². The maximum atomic E-state index is 13.2. The number of carbonyl (C=O) groups excluding carboxylic acids is 2. The van der Waals surface area contributed by atoms with Gasteiger partial charge in [-0.1, -0.05) is 60.7 Å². The van der Waals surface area contributed by atoms with Gasteiger partial charge >= 0.3 is 12.0 Å². The first-order valence-corrected chi connectivity index (χ1v) is 20.2. The van der Waals surface area contributed by atoms with E-state index in [1.165, 1.54) is 19.3 Å². The summed E-state index contributed by atoms with van der Waals surface area (Å²) in [5.41, 5.74) is 5.37. The number of benzene rings is 3. The van der Waals surface area contributed by atoms with Crippen molar-refractivity contribution in [2.75, 3.05) is 13.1 Å². The quantitative estimate of drug-likeness (QED) is 0.181. The summed E-state index contributed by atoms with van der Waals surface area (Å²) in [5.74, 6) is 2.17. The predicted octanol–water partition coefficient (Wildman–Crippen LogP) is 7.97. The van der Waals surface area contributed by atoms with Crippen molar-refractivity contribution >= 4 is 12.0 Å². The van der Waals surface area contributed by atoms with E-state index in [1.807, 2.05) is 63.2 Å². The van der Waals surface area contributed by atoms with E-state index >= 15 is 0 Å². The molecule has 4 bridgehead atoms. The van der Waals surface area contributed by atoms with Gasteiger partial charge < -0.3 is 30.0 Å². The molecule has 3 aromatic carbocycles. The largest absolute Gasteiger partial charge is 0.459 e. The predicted molar refractivity (Wildman–Crippen MR) is 207 cm³/mol. The Morgan fingerprint density at radius 1 is 0.852 bits per heavy atom. The highest BCUT2D eigenvalue weighted by molar-refractivity contribution is 5.76. The van der Waals surface area contributed by atoms with Crippen molar-refractivity contribution in [1.82, 2.24) is 15.5 Å². The fraction of sp³-hybridized carbons (Fsp3) is 0.556. The number of esters is 1. The summed E-state index contributed by atoms with van der Waals surface area (Å²) in [7, 11) is 0. The molecule has 9 nitrogen and oxygen atoms in total. The van der Waals surface area contributed by atoms with Gasteiger partial charge in [-0.15, -0.1) is 0 Å². The molecule has 288 valence electrons. The Bertz CT molecular complexity index is 1770. The van der Waals surface area contributed by atoms with E-state index in [0.717, 1.165) is 89.8 Å². The van der Waals surface area contributed by atoms with Crippen molar-refractivity contribution in [1.29, 1.82) is 0 Å². The van der Waals surface area contributed by atoms with Gasteiger partial charge in [-0.25, -0.2) is 4.79 Å². The summed E-state index contributed by atoms with van der Waals surface area (Å²) in [6, 6.07) is 24.2. The number of aliphatic hydroxyl groups is 1. The third-order valence-electron chi connectivity index (χ3n) is 12.4. The van der Waals surface area contributed by atoms with Crippen LogP contribution in [-0.4, -0.2) is 58.4 Å². The average molecular weight is 736 g/mol. The van der Waals surface area contributed by atoms with Gasteiger partial charge in [0, 0.05) is 30.6 Å². The number of urea groups is 1. The second kappa shape index (κ2) is 15.4. The van der Waals surface area contributed by atoms with Crippen LogP contribution in [-0.2, 0) is 32.2 Å². The van der Waals surface area contributed by atoms with Crippen LogP contribution in [0.5, 0.6) is 0 Å². The van der Waals surface area contributed by atoms with Gasteiger partial charge in [0.15, 0.2) is 6.29 Å². The van der Waals surface area contributed by atoms with E-state index in [0.29, 0.717) is 19.5 Å². The molecule has 54 heavy (non-hydrogen) atoms. The molecule has 2 saturated heterocycles. The number of rotatable bonds is 10. The third-order valence-corrected chi connectivity index (χ3v) is 12.4. The highest BCUT2D eigenvalue weighted by Gasteiger charge is 2.51. The third kappa shape index (κ3) is 8.55. The maximum Gasteiger partial charge on any atom is 0.323 e. The summed E-state index contributed by atoms with van der Waals surface area (Å²) in [5, 5.41) is 16.2. The van der Waals surface area contributed by atoms with Gasteiger partial charge in [0.2, 0.25) is 0 Å². The van der Waals surface area contributed by atoms with Crippen molar-refractivity contribution in [3.8, 4) is 11.1 Å². The number of nitrogens with zero attached hydrogens (tertiary/aromatic N) is 1. The molecule has 3 aromatic rings. The van der Waals surface area contributed by atoms with E-state index in [4.69, 9.17) is 14.2 Å². The lowest BCUT2D eigenvalue weighted by Gasteiger charge is -2.56. The number of carbonyl (C=O) groups is 2. The summed E-state index contributed by atoms with van der Waals surface area (Å²) in [6.45, 7) is 7.58. The highest BCUT2D eigenvalue weighted by Crippen LogP contribution is 2.55. The Hall–Kier alpha value is -3.76. The molecule has 3 N–H and O–H groups in total. The molecule has 2 heterocycles. The zero-order valence-electron chi connectivity index (χ0n) is 32.1. The monoisotopic (exact) mass is 735 g/mol. The number of ether oxygens (including phenoxy) is 3. The number of amides is 2. The Kier molecular flexibility index (Phi) is 10.6. The van der Waals surface area contributed by atoms with E-state index in [2.05, 4.69) is 45.9 Å². The molecule has 4 aliphatic carbocycles. The smallest absolute Gasteiger partial charge is 0.323 e. The minimum absolute atomic E-state index is 0.0136. The SMILES string of the molecule is CC(C)(C)OC(=O)[C@@H]1CCCN1C[C@H]1C[C@@H](c2ccc(CO)cc2)O[C@@H](c2cccc(-c3cccc(CNC(=O)NC45CC6CC(CC(C6)C4)C5)c3)c2)O1. The van der Waals surface area contributed by atoms with Gasteiger partial charge in [0.1, 0.15) is 11.6 Å². The van der Waals surface area contributed by atoms with Crippen LogP contribution in [0.25, 0.3) is 11.1 Å². The number of hydrogen-bond acceptors (Lipinski definition) is 7. The molecule has 6 fully saturated rings. The molecule has 6 aliphatic rings. The minimum Gasteiger partial charge on any atom is -0.459 e. The Morgan fingerprint density at radius 2 is 1.54 bits per heavy atom. The lowest BCUT2D eigenvalue weighted by molar-refractivity contribution is -0.253. The highest BCUT2D eigenvalue weighted by atomic mass is 16.7. The van der Waals surface area contributed by atoms with Crippen LogP contribution < -0.4 is 10.6 Å². The van der Waals surface area contributed by atoms with Gasteiger partial charge in [0.05, 0.1) is 18.8 Å². The number of aliphatic hydroxyl groups excluding tert-OH is 1. The molecular formula is C45H57N3O6. The number of hydrogen-bond donors (Lipinski definition) is 3. The summed E-state index contributed by atoms with van der Waals surface area (Å²) < 4.78 is 19.2. The first-order valence-electron chi connectivity index (χ1n) is 20.2. The molecule has 2 aliphatic heterocycles. The lowest BCUT2D eigenvalue weighted by atomic mass is 9.53. The van der Waals surface area contributed by atoms with Crippen LogP contribution in [0.1, 0.15) is 113 Å². The Balaban J connectivity index is 0.960. The van der Waals surface area contributed by atoms with Crippen LogP contribution in [0.2, 0.25) is 0 Å². The fourth-order valence-electron chi connectivity index (χ4n) is 10.4. The van der Waals surface area contributed by atoms with Crippen molar-refractivity contribution < 1.29 is 28.9 Å². The standard InChI is InChI=1S/C45H57N3O6/c1-44(2,3)54-41(50)39-11-6-16-48(39)27-38-22-40(34-14-12-29(28-49)13-15-34)53-42(52-38)37-10-5-9-36(21-37)35-8-4-7-30(20-35)26-46-43(51)47-45-23-31-17-32(24-45)19-33(18-31)25-45/h4-5,7-10,12-15,20-21,31-33,38-40,42,49H,6,11,16-19,22-28H2,1-3H3,(H2,46,47,51)/t31?,32?,33?,38-,39+,40+,42+,45?/m1/s1. The van der Waals surface area contributed by atoms with Gasteiger partial charge in [-0.05, 0) is 136 Å². The molecule has 2 amide bonds. The van der Waals surface area contributed by atoms with Gasteiger partial charge in [0.25, 0.3) is 0 Å². The molecular weight excluding hydrogens is 679 g/mol.